The molecule has 1 aliphatic heterocycles. The van der Waals surface area contributed by atoms with E-state index in [0.717, 1.165) is 6.08 Å². The summed E-state index contributed by atoms with van der Waals surface area (Å²) in [5.74, 6) is -1.90. The summed E-state index contributed by atoms with van der Waals surface area (Å²) in [5.41, 5.74) is 1.51. The minimum absolute atomic E-state index is 0.0249. The van der Waals surface area contributed by atoms with Gasteiger partial charge < -0.3 is 15.5 Å². The third kappa shape index (κ3) is 6.16. The quantitative estimate of drug-likeness (QED) is 0.383. The summed E-state index contributed by atoms with van der Waals surface area (Å²) in [4.78, 5) is 56.1. The molecule has 3 aromatic rings. The maximum Gasteiger partial charge on any atom is 0.297 e. The maximum atomic E-state index is 13.1. The molecule has 0 aliphatic carbocycles. The average Bonchev–Trinajstić information content (AvgIpc) is 3.36. The van der Waals surface area contributed by atoms with E-state index in [1.54, 1.807) is 35.2 Å². The zero-order valence-electron chi connectivity index (χ0n) is 20.0. The Bertz CT molecular complexity index is 1450. The molecule has 1 fully saturated rings. The first-order valence-corrected chi connectivity index (χ1v) is 12.2. The molecule has 0 saturated carbocycles. The van der Waals surface area contributed by atoms with Crippen LogP contribution in [0.3, 0.4) is 0 Å². The van der Waals surface area contributed by atoms with Gasteiger partial charge in [0.05, 0.1) is 34.0 Å². The van der Waals surface area contributed by atoms with Crippen LogP contribution in [-0.4, -0.2) is 57.5 Å². The van der Waals surface area contributed by atoms with Crippen LogP contribution in [0.5, 0.6) is 0 Å². The molecule has 2 heterocycles. The number of piperidine rings is 1. The first kappa shape index (κ1) is 26.8. The minimum atomic E-state index is -0.651. The molecule has 4 rings (SSSR count). The van der Waals surface area contributed by atoms with E-state index in [1.807, 2.05) is 0 Å². The molecule has 0 spiro atoms. The van der Waals surface area contributed by atoms with Gasteiger partial charge in [-0.15, -0.1) is 0 Å². The zero-order valence-corrected chi connectivity index (χ0v) is 21.5. The monoisotopic (exact) mass is 552 g/mol. The molecule has 0 atom stereocenters. The van der Waals surface area contributed by atoms with Gasteiger partial charge in [-0.2, -0.15) is 5.10 Å². The number of amides is 4. The Morgan fingerprint density at radius 3 is 2.55 bits per heavy atom. The number of anilines is 2. The fourth-order valence-corrected chi connectivity index (χ4v) is 4.43. The second kappa shape index (κ2) is 11.8. The number of H-pyrrole nitrogens is 1. The summed E-state index contributed by atoms with van der Waals surface area (Å²) < 4.78 is 0. The third-order valence-electron chi connectivity index (χ3n) is 5.67. The first-order valence-electron chi connectivity index (χ1n) is 11.5. The third-order valence-corrected chi connectivity index (χ3v) is 6.30. The smallest absolute Gasteiger partial charge is 0.297 e. The summed E-state index contributed by atoms with van der Waals surface area (Å²) in [6, 6.07) is 11.2. The molecule has 1 aliphatic rings. The zero-order chi connectivity index (χ0) is 27.2. The normalized spacial score (nSPS) is 14.2. The Morgan fingerprint density at radius 1 is 1.08 bits per heavy atom. The van der Waals surface area contributed by atoms with Crippen molar-refractivity contribution in [3.05, 3.63) is 88.2 Å². The number of nitrogens with zero attached hydrogens (tertiary/aromatic N) is 3. The van der Waals surface area contributed by atoms with Crippen molar-refractivity contribution >= 4 is 63.9 Å². The summed E-state index contributed by atoms with van der Waals surface area (Å²) in [6.07, 6.45) is 3.56. The molecule has 0 unspecified atom stereocenters. The van der Waals surface area contributed by atoms with Gasteiger partial charge in [0.1, 0.15) is 5.69 Å². The van der Waals surface area contributed by atoms with E-state index in [-0.39, 0.29) is 45.3 Å². The van der Waals surface area contributed by atoms with E-state index < -0.39 is 11.8 Å². The molecule has 3 N–H and O–H groups in total. The van der Waals surface area contributed by atoms with E-state index in [1.165, 1.54) is 18.3 Å². The van der Waals surface area contributed by atoms with Crippen LogP contribution in [0.15, 0.2) is 66.3 Å². The Morgan fingerprint density at radius 2 is 1.82 bits per heavy atom. The van der Waals surface area contributed by atoms with Gasteiger partial charge in [0.2, 0.25) is 5.91 Å². The van der Waals surface area contributed by atoms with E-state index >= 15 is 0 Å². The lowest BCUT2D eigenvalue weighted by atomic mass is 10.1. The molecule has 2 aromatic carbocycles. The fourth-order valence-electron chi connectivity index (χ4n) is 3.87. The SMILES string of the molecule is C=CC(=O)Nc1cccc(C(=O)N2CCCC(=NC(=O)c3[nH]ncc3NC(=O)c3c(Cl)cccc3Cl)C2)c1. The van der Waals surface area contributed by atoms with E-state index in [0.29, 0.717) is 36.3 Å². The lowest BCUT2D eigenvalue weighted by molar-refractivity contribution is -0.111. The van der Waals surface area contributed by atoms with Crippen molar-refractivity contribution in [3.8, 4) is 0 Å². The number of hydrogen-bond acceptors (Lipinski definition) is 5. The van der Waals surface area contributed by atoms with Gasteiger partial charge in [0, 0.05) is 23.5 Å². The number of rotatable bonds is 6. The van der Waals surface area contributed by atoms with Crippen LogP contribution in [0.2, 0.25) is 10.0 Å². The Balaban J connectivity index is 1.46. The van der Waals surface area contributed by atoms with Crippen LogP contribution < -0.4 is 10.6 Å². The number of carbonyl (C=O) groups excluding carboxylic acids is 4. The van der Waals surface area contributed by atoms with Crippen molar-refractivity contribution in [2.45, 2.75) is 12.8 Å². The number of aromatic amines is 1. The highest BCUT2D eigenvalue weighted by molar-refractivity contribution is 6.40. The van der Waals surface area contributed by atoms with Crippen molar-refractivity contribution in [2.24, 2.45) is 4.99 Å². The number of aromatic nitrogens is 2. The Hall–Kier alpha value is -4.28. The molecular weight excluding hydrogens is 531 g/mol. The van der Waals surface area contributed by atoms with Crippen molar-refractivity contribution in [2.75, 3.05) is 23.7 Å². The van der Waals surface area contributed by atoms with Crippen molar-refractivity contribution in [1.82, 2.24) is 15.1 Å². The molecule has 38 heavy (non-hydrogen) atoms. The highest BCUT2D eigenvalue weighted by Crippen LogP contribution is 2.26. The van der Waals surface area contributed by atoms with Gasteiger partial charge >= 0.3 is 0 Å². The van der Waals surface area contributed by atoms with Crippen LogP contribution >= 0.6 is 23.2 Å². The second-order valence-electron chi connectivity index (χ2n) is 8.30. The van der Waals surface area contributed by atoms with Gasteiger partial charge in [-0.25, -0.2) is 4.99 Å². The molecular formula is C26H22Cl2N6O4. The molecule has 12 heteroatoms. The standard InChI is InChI=1S/C26H22Cl2N6O4/c1-2-21(35)30-16-7-3-6-15(12-16)26(38)34-11-5-8-17(14-34)31-25(37)23-20(13-29-33-23)32-24(36)22-18(27)9-4-10-19(22)28/h2-4,6-7,9-10,12-13H,1,5,8,11,14H2,(H,29,33)(H,30,35)(H,32,36). The number of nitrogens with one attached hydrogen (secondary N) is 3. The number of aliphatic imine (C=N–C) groups is 1. The van der Waals surface area contributed by atoms with Crippen LogP contribution in [0.25, 0.3) is 0 Å². The summed E-state index contributed by atoms with van der Waals surface area (Å²) in [5, 5.41) is 11.9. The lowest BCUT2D eigenvalue weighted by Crippen LogP contribution is -2.40. The Labute approximate surface area is 227 Å². The fraction of sp³-hybridized carbons (Fsp3) is 0.154. The molecule has 1 saturated heterocycles. The van der Waals surface area contributed by atoms with Crippen LogP contribution in [-0.2, 0) is 4.79 Å². The van der Waals surface area contributed by atoms with E-state index in [9.17, 15) is 19.2 Å². The summed E-state index contributed by atoms with van der Waals surface area (Å²) in [6.45, 7) is 4.05. The van der Waals surface area contributed by atoms with Crippen molar-refractivity contribution in [3.63, 3.8) is 0 Å². The van der Waals surface area contributed by atoms with Crippen LogP contribution in [0.1, 0.15) is 44.0 Å². The maximum absolute atomic E-state index is 13.1. The van der Waals surface area contributed by atoms with E-state index in [2.05, 4.69) is 32.4 Å². The Kier molecular flexibility index (Phi) is 8.35. The van der Waals surface area contributed by atoms with E-state index in [4.69, 9.17) is 23.2 Å². The summed E-state index contributed by atoms with van der Waals surface area (Å²) in [7, 11) is 0. The predicted octanol–water partition coefficient (Wildman–Crippen LogP) is 4.61. The van der Waals surface area contributed by atoms with Crippen molar-refractivity contribution in [1.29, 1.82) is 0 Å². The highest BCUT2D eigenvalue weighted by atomic mass is 35.5. The van der Waals surface area contributed by atoms with Gasteiger partial charge in [-0.05, 0) is 49.2 Å². The number of carbonyl (C=O) groups is 4. The van der Waals surface area contributed by atoms with Crippen LogP contribution in [0.4, 0.5) is 11.4 Å². The van der Waals surface area contributed by atoms with Gasteiger partial charge in [-0.3, -0.25) is 24.3 Å². The molecule has 4 amide bonds. The number of hydrogen-bond donors (Lipinski definition) is 3. The van der Waals surface area contributed by atoms with Crippen molar-refractivity contribution < 1.29 is 19.2 Å². The minimum Gasteiger partial charge on any atom is -0.333 e. The molecule has 0 radical (unpaired) electrons. The number of likely N-dealkylation sites (tertiary alicyclic amines) is 1. The van der Waals surface area contributed by atoms with Crippen LogP contribution in [0, 0.1) is 0 Å². The molecule has 1 aromatic heterocycles. The molecule has 0 bridgehead atoms. The highest BCUT2D eigenvalue weighted by Gasteiger charge is 2.24. The molecule has 10 nitrogen and oxygen atoms in total. The second-order valence-corrected chi connectivity index (χ2v) is 9.11. The largest absolute Gasteiger partial charge is 0.333 e. The topological polar surface area (TPSA) is 137 Å². The van der Waals surface area contributed by atoms with Gasteiger partial charge in [-0.1, -0.05) is 41.9 Å². The lowest BCUT2D eigenvalue weighted by Gasteiger charge is -2.28. The number of halogens is 2. The summed E-state index contributed by atoms with van der Waals surface area (Å²) >= 11 is 12.2. The van der Waals surface area contributed by atoms with Gasteiger partial charge in [0.15, 0.2) is 0 Å². The predicted molar refractivity (Wildman–Crippen MR) is 145 cm³/mol. The number of benzene rings is 2. The average molecular weight is 553 g/mol. The van der Waals surface area contributed by atoms with Gasteiger partial charge in [0.25, 0.3) is 17.7 Å². The molecule has 194 valence electrons. The first-order chi connectivity index (χ1) is 18.3.